The van der Waals surface area contributed by atoms with E-state index < -0.39 is 0 Å². The molecule has 0 amide bonds. The molecule has 9 aromatic carbocycles. The van der Waals surface area contributed by atoms with Crippen molar-refractivity contribution < 1.29 is 0 Å². The molecule has 0 saturated heterocycles. The monoisotopic (exact) mass is 828 g/mol. The molecule has 0 spiro atoms. The Bertz CT molecular complexity index is 4250. The lowest BCUT2D eigenvalue weighted by Crippen LogP contribution is -2.12. The number of rotatable bonds is 4. The SMILES string of the molecule is C1=CC(n2c3ccccc3c3ccc4c(c5ccccc5n4-c4ccccc4)c32)=NC(c2ccccc2)=NC=1n1c2ccccc2c2ccc3c(c4ccccc4n3-c3ccccc3)c21. The molecule has 0 bridgehead atoms. The van der Waals surface area contributed by atoms with E-state index in [0.29, 0.717) is 11.7 Å². The first kappa shape index (κ1) is 35.6. The van der Waals surface area contributed by atoms with Crippen molar-refractivity contribution in [1.29, 1.82) is 0 Å². The standard InChI is InChI=1S/C59H36N6/c1-4-18-38(19-5-1)59-60-53(64-47-28-14-10-24-41(47)43-32-34-51-55(57(43)64)45-26-12-16-30-49(45)62(51)39-20-6-2-7-21-39)36-37-54(61-59)65-48-29-15-11-25-42(48)44-33-35-52-56(58(44)65)46-27-13-17-31-50(46)63(52)40-22-8-3-9-23-40/h1-36H. The summed E-state index contributed by atoms with van der Waals surface area (Å²) in [7, 11) is 0. The van der Waals surface area contributed by atoms with Crippen LogP contribution in [-0.2, 0) is 0 Å². The Labute approximate surface area is 372 Å². The Hall–Kier alpha value is -8.96. The summed E-state index contributed by atoms with van der Waals surface area (Å²) in [5.74, 6) is 1.99. The van der Waals surface area contributed by atoms with Crippen molar-refractivity contribution in [3.8, 4) is 11.4 Å². The van der Waals surface area contributed by atoms with Gasteiger partial charge in [-0.25, -0.2) is 9.98 Å². The molecule has 0 atom stereocenters. The third-order valence-electron chi connectivity index (χ3n) is 13.2. The fourth-order valence-electron chi connectivity index (χ4n) is 10.6. The fraction of sp³-hybridized carbons (Fsp3) is 0. The summed E-state index contributed by atoms with van der Waals surface area (Å²) in [5.41, 5.74) is 15.8. The van der Waals surface area contributed by atoms with Crippen molar-refractivity contribution in [2.75, 3.05) is 0 Å². The number of aliphatic imine (C=N–C) groups is 2. The number of aromatic nitrogens is 4. The second-order valence-corrected chi connectivity index (χ2v) is 16.7. The van der Waals surface area contributed by atoms with Crippen LogP contribution in [0.3, 0.4) is 0 Å². The number of fused-ring (bicyclic) bond motifs is 14. The minimum atomic E-state index is 0.603. The highest BCUT2D eigenvalue weighted by atomic mass is 15.2. The average molecular weight is 829 g/mol. The zero-order valence-corrected chi connectivity index (χ0v) is 35.0. The van der Waals surface area contributed by atoms with Crippen molar-refractivity contribution in [2.24, 2.45) is 9.98 Å². The molecule has 5 heterocycles. The van der Waals surface area contributed by atoms with Crippen LogP contribution in [0.4, 0.5) is 0 Å². The average Bonchev–Trinajstić information content (AvgIpc) is 4.05. The maximum absolute atomic E-state index is 5.58. The topological polar surface area (TPSA) is 44.4 Å². The molecule has 4 aromatic heterocycles. The lowest BCUT2D eigenvalue weighted by molar-refractivity contribution is 1.17. The van der Waals surface area contributed by atoms with Crippen molar-refractivity contribution in [3.63, 3.8) is 0 Å². The molecule has 14 rings (SSSR count). The van der Waals surface area contributed by atoms with Crippen LogP contribution in [0.1, 0.15) is 5.56 Å². The third-order valence-corrected chi connectivity index (χ3v) is 13.2. The molecule has 1 aliphatic rings. The first-order chi connectivity index (χ1) is 32.3. The van der Waals surface area contributed by atoms with Gasteiger partial charge in [0, 0.05) is 66.1 Å². The van der Waals surface area contributed by atoms with Gasteiger partial charge < -0.3 is 9.13 Å². The molecule has 13 aromatic rings. The van der Waals surface area contributed by atoms with Gasteiger partial charge in [0.15, 0.2) is 11.7 Å². The van der Waals surface area contributed by atoms with Crippen LogP contribution in [0.2, 0.25) is 0 Å². The Balaban J connectivity index is 1.11. The molecular formula is C59H36N6. The number of allylic oxidation sites excluding steroid dienone is 1. The summed E-state index contributed by atoms with van der Waals surface area (Å²) in [6.07, 6.45) is 2.05. The minimum absolute atomic E-state index is 0.603. The van der Waals surface area contributed by atoms with Gasteiger partial charge in [-0.1, -0.05) is 157 Å². The number of nitrogens with zero attached hydrogens (tertiary/aromatic N) is 6. The summed E-state index contributed by atoms with van der Waals surface area (Å²) in [5, 5.41) is 9.30. The molecular weight excluding hydrogens is 793 g/mol. The number of amidine groups is 1. The second-order valence-electron chi connectivity index (χ2n) is 16.7. The van der Waals surface area contributed by atoms with E-state index in [4.69, 9.17) is 9.98 Å². The van der Waals surface area contributed by atoms with Gasteiger partial charge in [-0.05, 0) is 60.7 Å². The van der Waals surface area contributed by atoms with Crippen molar-refractivity contribution >= 4 is 105 Å². The highest BCUT2D eigenvalue weighted by Crippen LogP contribution is 2.44. The van der Waals surface area contributed by atoms with Gasteiger partial charge in [0.1, 0.15) is 5.84 Å². The van der Waals surface area contributed by atoms with Crippen molar-refractivity contribution in [1.82, 2.24) is 18.3 Å². The second kappa shape index (κ2) is 13.8. The molecule has 0 aliphatic carbocycles. The number of para-hydroxylation sites is 6. The number of hydrogen-bond acceptors (Lipinski definition) is 2. The van der Waals surface area contributed by atoms with Gasteiger partial charge in [0.05, 0.1) is 44.1 Å². The summed E-state index contributed by atoms with van der Waals surface area (Å²) in [6, 6.07) is 75.5. The molecule has 0 unspecified atom stereocenters. The van der Waals surface area contributed by atoms with E-state index in [-0.39, 0.29) is 0 Å². The first-order valence-corrected chi connectivity index (χ1v) is 22.0. The molecule has 0 fully saturated rings. The molecule has 6 nitrogen and oxygen atoms in total. The van der Waals surface area contributed by atoms with Gasteiger partial charge in [-0.2, -0.15) is 0 Å². The van der Waals surface area contributed by atoms with Gasteiger partial charge in [-0.3, -0.25) is 9.13 Å². The normalized spacial score (nSPS) is 13.2. The van der Waals surface area contributed by atoms with Crippen LogP contribution in [0.15, 0.2) is 234 Å². The van der Waals surface area contributed by atoms with Crippen LogP contribution >= 0.6 is 0 Å². The quantitative estimate of drug-likeness (QED) is 0.159. The summed E-state index contributed by atoms with van der Waals surface area (Å²) in [6.45, 7) is 0. The van der Waals surface area contributed by atoms with Crippen molar-refractivity contribution in [2.45, 2.75) is 0 Å². The van der Waals surface area contributed by atoms with Gasteiger partial charge in [0.2, 0.25) is 0 Å². The predicted molar refractivity (Wildman–Crippen MR) is 271 cm³/mol. The summed E-state index contributed by atoms with van der Waals surface area (Å²) >= 11 is 0. The van der Waals surface area contributed by atoms with Crippen LogP contribution in [-0.4, -0.2) is 29.9 Å². The minimum Gasteiger partial charge on any atom is -0.309 e. The van der Waals surface area contributed by atoms with E-state index >= 15 is 0 Å². The van der Waals surface area contributed by atoms with Crippen LogP contribution in [0, 0.1) is 0 Å². The van der Waals surface area contributed by atoms with Crippen LogP contribution in [0.25, 0.3) is 104 Å². The molecule has 0 saturated carbocycles. The molecule has 65 heavy (non-hydrogen) atoms. The van der Waals surface area contributed by atoms with E-state index in [9.17, 15) is 0 Å². The number of hydrogen-bond donors (Lipinski definition) is 0. The zero-order valence-electron chi connectivity index (χ0n) is 35.0. The number of benzene rings is 9. The smallest absolute Gasteiger partial charge is 0.184 e. The van der Waals surface area contributed by atoms with E-state index in [1.165, 1.54) is 16.2 Å². The largest absolute Gasteiger partial charge is 0.309 e. The molecule has 1 aliphatic heterocycles. The van der Waals surface area contributed by atoms with E-state index in [0.717, 1.165) is 93.8 Å². The zero-order chi connectivity index (χ0) is 42.6. The fourth-order valence-corrected chi connectivity index (χ4v) is 10.6. The predicted octanol–water partition coefficient (Wildman–Crippen LogP) is 14.5. The highest BCUT2D eigenvalue weighted by Gasteiger charge is 2.25. The Morgan fingerprint density at radius 3 is 1.25 bits per heavy atom. The molecule has 302 valence electrons. The van der Waals surface area contributed by atoms with Gasteiger partial charge in [0.25, 0.3) is 0 Å². The van der Waals surface area contributed by atoms with E-state index in [1.54, 1.807) is 0 Å². The Kier molecular flexibility index (Phi) is 7.55. The third kappa shape index (κ3) is 5.11. The van der Waals surface area contributed by atoms with Crippen molar-refractivity contribution in [3.05, 3.63) is 230 Å². The van der Waals surface area contributed by atoms with Gasteiger partial charge >= 0.3 is 0 Å². The summed E-state index contributed by atoms with van der Waals surface area (Å²) < 4.78 is 9.40. The highest BCUT2D eigenvalue weighted by molar-refractivity contribution is 6.30. The molecule has 0 N–H and O–H groups in total. The van der Waals surface area contributed by atoms with E-state index in [2.05, 4.69) is 230 Å². The lowest BCUT2D eigenvalue weighted by Gasteiger charge is -2.10. The molecule has 0 radical (unpaired) electrons. The Morgan fingerprint density at radius 1 is 0.308 bits per heavy atom. The maximum atomic E-state index is 5.58. The van der Waals surface area contributed by atoms with Gasteiger partial charge in [-0.15, -0.1) is 0 Å². The van der Waals surface area contributed by atoms with E-state index in [1.807, 2.05) is 12.1 Å². The maximum Gasteiger partial charge on any atom is 0.184 e. The molecule has 6 heteroatoms. The summed E-state index contributed by atoms with van der Waals surface area (Å²) in [4.78, 5) is 11.1. The Morgan fingerprint density at radius 2 is 0.723 bits per heavy atom. The van der Waals surface area contributed by atoms with Crippen LogP contribution < -0.4 is 0 Å². The first-order valence-electron chi connectivity index (χ1n) is 22.0. The van der Waals surface area contributed by atoms with Crippen LogP contribution in [0.5, 0.6) is 0 Å². The lowest BCUT2D eigenvalue weighted by atomic mass is 10.1.